The van der Waals surface area contributed by atoms with Crippen LogP contribution >= 0.6 is 0 Å². The first-order valence-corrected chi connectivity index (χ1v) is 6.25. The molecule has 0 aliphatic carbocycles. The van der Waals surface area contributed by atoms with E-state index in [1.807, 2.05) is 18.2 Å². The van der Waals surface area contributed by atoms with Gasteiger partial charge in [-0.05, 0) is 38.1 Å². The van der Waals surface area contributed by atoms with E-state index in [-0.39, 0.29) is 5.54 Å². The van der Waals surface area contributed by atoms with Crippen LogP contribution < -0.4 is 15.2 Å². The number of methoxy groups -OCH3 is 2. The summed E-state index contributed by atoms with van der Waals surface area (Å²) < 4.78 is 10.6. The van der Waals surface area contributed by atoms with Crippen molar-refractivity contribution in [3.8, 4) is 11.5 Å². The minimum absolute atomic E-state index is 0.142. The lowest BCUT2D eigenvalue weighted by molar-refractivity contribution is 0.357. The Morgan fingerprint density at radius 2 is 2.11 bits per heavy atom. The number of nitrogens with two attached hydrogens (primary N) is 1. The molecule has 1 heterocycles. The highest BCUT2D eigenvalue weighted by Crippen LogP contribution is 2.30. The van der Waals surface area contributed by atoms with Gasteiger partial charge in [-0.2, -0.15) is 0 Å². The quantitative estimate of drug-likeness (QED) is 0.874. The lowest BCUT2D eigenvalue weighted by Crippen LogP contribution is -2.44. The smallest absolute Gasteiger partial charge is 0.125 e. The average molecular weight is 250 g/mol. The fourth-order valence-corrected chi connectivity index (χ4v) is 2.63. The summed E-state index contributed by atoms with van der Waals surface area (Å²) >= 11 is 0. The lowest BCUT2D eigenvalue weighted by Gasteiger charge is -2.25. The normalized spacial score (nSPS) is 24.2. The van der Waals surface area contributed by atoms with Gasteiger partial charge in [-0.1, -0.05) is 6.07 Å². The zero-order valence-electron chi connectivity index (χ0n) is 11.4. The summed E-state index contributed by atoms with van der Waals surface area (Å²) in [6, 6.07) is 5.92. The minimum atomic E-state index is -0.142. The van der Waals surface area contributed by atoms with E-state index in [2.05, 4.69) is 11.9 Å². The third-order valence-corrected chi connectivity index (χ3v) is 3.61. The van der Waals surface area contributed by atoms with Gasteiger partial charge in [-0.25, -0.2) is 0 Å². The molecule has 2 rings (SSSR count). The number of hydrogen-bond donors (Lipinski definition) is 1. The number of likely N-dealkylation sites (tertiary alicyclic amines) is 1. The van der Waals surface area contributed by atoms with Crippen molar-refractivity contribution in [1.82, 2.24) is 4.90 Å². The minimum Gasteiger partial charge on any atom is -0.497 e. The van der Waals surface area contributed by atoms with Gasteiger partial charge < -0.3 is 20.1 Å². The van der Waals surface area contributed by atoms with E-state index >= 15 is 0 Å². The molecule has 0 saturated carbocycles. The molecule has 1 atom stereocenters. The molecule has 0 bridgehead atoms. The number of likely N-dealkylation sites (N-methyl/N-ethyl adjacent to an activating group) is 1. The van der Waals surface area contributed by atoms with Gasteiger partial charge in [0.05, 0.1) is 14.2 Å². The van der Waals surface area contributed by atoms with Crippen molar-refractivity contribution >= 4 is 0 Å². The Morgan fingerprint density at radius 3 is 2.67 bits per heavy atom. The predicted octanol–water partition coefficient (Wildman–Crippen LogP) is 1.28. The second-order valence-electron chi connectivity index (χ2n) is 5.20. The van der Waals surface area contributed by atoms with Crippen LogP contribution in [0.25, 0.3) is 0 Å². The van der Waals surface area contributed by atoms with Gasteiger partial charge in [0.1, 0.15) is 11.5 Å². The molecule has 0 spiro atoms. The van der Waals surface area contributed by atoms with E-state index in [0.717, 1.165) is 43.0 Å². The van der Waals surface area contributed by atoms with Crippen molar-refractivity contribution in [2.24, 2.45) is 5.73 Å². The van der Waals surface area contributed by atoms with Gasteiger partial charge in [0.15, 0.2) is 0 Å². The number of ether oxygens (including phenoxy) is 2. The van der Waals surface area contributed by atoms with E-state index in [9.17, 15) is 0 Å². The second kappa shape index (κ2) is 5.16. The van der Waals surface area contributed by atoms with Crippen LogP contribution in [0.1, 0.15) is 12.0 Å². The van der Waals surface area contributed by atoms with Crippen LogP contribution in [-0.4, -0.2) is 44.8 Å². The molecule has 100 valence electrons. The molecule has 1 aliphatic rings. The Labute approximate surface area is 109 Å². The molecule has 1 aliphatic heterocycles. The molecule has 1 saturated heterocycles. The maximum absolute atomic E-state index is 6.45. The topological polar surface area (TPSA) is 47.7 Å². The molecule has 1 aromatic rings. The zero-order valence-corrected chi connectivity index (χ0v) is 11.4. The molecule has 1 fully saturated rings. The average Bonchev–Trinajstić information content (AvgIpc) is 2.69. The highest BCUT2D eigenvalue weighted by molar-refractivity contribution is 5.41. The molecular weight excluding hydrogens is 228 g/mol. The Kier molecular flexibility index (Phi) is 3.78. The van der Waals surface area contributed by atoms with Crippen molar-refractivity contribution in [3.05, 3.63) is 23.8 Å². The fraction of sp³-hybridized carbons (Fsp3) is 0.571. The van der Waals surface area contributed by atoms with Crippen molar-refractivity contribution in [1.29, 1.82) is 0 Å². The van der Waals surface area contributed by atoms with Crippen LogP contribution in [0.5, 0.6) is 11.5 Å². The number of nitrogens with zero attached hydrogens (tertiary/aromatic N) is 1. The Hall–Kier alpha value is -1.26. The summed E-state index contributed by atoms with van der Waals surface area (Å²) in [5, 5.41) is 0. The van der Waals surface area contributed by atoms with E-state index < -0.39 is 0 Å². The third-order valence-electron chi connectivity index (χ3n) is 3.61. The Balaban J connectivity index is 2.18. The Bertz CT molecular complexity index is 422. The first-order valence-electron chi connectivity index (χ1n) is 6.25. The Morgan fingerprint density at radius 1 is 1.33 bits per heavy atom. The molecule has 0 radical (unpaired) electrons. The summed E-state index contributed by atoms with van der Waals surface area (Å²) in [4.78, 5) is 2.27. The third kappa shape index (κ3) is 2.76. The van der Waals surface area contributed by atoms with E-state index in [0.29, 0.717) is 0 Å². The fourth-order valence-electron chi connectivity index (χ4n) is 2.63. The summed E-state index contributed by atoms with van der Waals surface area (Å²) in [6.07, 6.45) is 1.86. The van der Waals surface area contributed by atoms with Crippen LogP contribution in [0, 0.1) is 0 Å². The highest BCUT2D eigenvalue weighted by atomic mass is 16.5. The maximum atomic E-state index is 6.45. The van der Waals surface area contributed by atoms with Gasteiger partial charge in [0, 0.05) is 18.2 Å². The zero-order chi connectivity index (χ0) is 13.2. The lowest BCUT2D eigenvalue weighted by atomic mass is 9.90. The molecule has 18 heavy (non-hydrogen) atoms. The van der Waals surface area contributed by atoms with Crippen molar-refractivity contribution in [2.75, 3.05) is 34.4 Å². The van der Waals surface area contributed by atoms with E-state index in [1.54, 1.807) is 14.2 Å². The maximum Gasteiger partial charge on any atom is 0.125 e. The van der Waals surface area contributed by atoms with E-state index in [1.165, 1.54) is 0 Å². The number of benzene rings is 1. The molecule has 4 heteroatoms. The van der Waals surface area contributed by atoms with Gasteiger partial charge in [-0.15, -0.1) is 0 Å². The first-order chi connectivity index (χ1) is 8.56. The molecule has 0 aromatic heterocycles. The van der Waals surface area contributed by atoms with Crippen LogP contribution in [0.4, 0.5) is 0 Å². The van der Waals surface area contributed by atoms with Crippen molar-refractivity contribution in [2.45, 2.75) is 18.4 Å². The van der Waals surface area contributed by atoms with E-state index in [4.69, 9.17) is 15.2 Å². The van der Waals surface area contributed by atoms with Gasteiger partial charge in [0.2, 0.25) is 0 Å². The molecule has 4 nitrogen and oxygen atoms in total. The number of hydrogen-bond acceptors (Lipinski definition) is 4. The molecule has 0 amide bonds. The SMILES string of the molecule is COc1ccc(CC2(N)CCN(C)C2)c(OC)c1. The van der Waals surface area contributed by atoms with Crippen molar-refractivity contribution in [3.63, 3.8) is 0 Å². The number of rotatable bonds is 4. The summed E-state index contributed by atoms with van der Waals surface area (Å²) in [6.45, 7) is 2.00. The van der Waals surface area contributed by atoms with Gasteiger partial charge in [0.25, 0.3) is 0 Å². The molecular formula is C14H22N2O2. The van der Waals surface area contributed by atoms with Gasteiger partial charge in [-0.3, -0.25) is 0 Å². The van der Waals surface area contributed by atoms with Crippen LogP contribution in [0.15, 0.2) is 18.2 Å². The summed E-state index contributed by atoms with van der Waals surface area (Å²) in [5.74, 6) is 1.67. The molecule has 1 unspecified atom stereocenters. The van der Waals surface area contributed by atoms with Crippen LogP contribution in [-0.2, 0) is 6.42 Å². The van der Waals surface area contributed by atoms with Crippen molar-refractivity contribution < 1.29 is 9.47 Å². The molecule has 2 N–H and O–H groups in total. The standard InChI is InChI=1S/C14H22N2O2/c1-16-7-6-14(15,10-16)9-11-4-5-12(17-2)8-13(11)18-3/h4-5,8H,6-7,9-10,15H2,1-3H3. The van der Waals surface area contributed by atoms with Crippen LogP contribution in [0.3, 0.4) is 0 Å². The van der Waals surface area contributed by atoms with Crippen LogP contribution in [0.2, 0.25) is 0 Å². The highest BCUT2D eigenvalue weighted by Gasteiger charge is 2.33. The largest absolute Gasteiger partial charge is 0.497 e. The monoisotopic (exact) mass is 250 g/mol. The molecule has 1 aromatic carbocycles. The first kappa shape index (κ1) is 13.2. The predicted molar refractivity (Wildman–Crippen MR) is 72.3 cm³/mol. The summed E-state index contributed by atoms with van der Waals surface area (Å²) in [5.41, 5.74) is 7.45. The summed E-state index contributed by atoms with van der Waals surface area (Å²) in [7, 11) is 5.45. The second-order valence-corrected chi connectivity index (χ2v) is 5.20. The van der Waals surface area contributed by atoms with Gasteiger partial charge >= 0.3 is 0 Å².